The summed E-state index contributed by atoms with van der Waals surface area (Å²) in [6, 6.07) is 3.91. The van der Waals surface area contributed by atoms with Crippen LogP contribution >= 0.6 is 11.9 Å². The quantitative estimate of drug-likeness (QED) is 0.675. The second kappa shape index (κ2) is 4.17. The molecular weight excluding hydrogens is 144 g/mol. The number of anilines is 1. The van der Waals surface area contributed by atoms with Crippen molar-refractivity contribution < 1.29 is 0 Å². The molecular formula is C7H10N2S. The van der Waals surface area contributed by atoms with Crippen LogP contribution in [0.5, 0.6) is 0 Å². The molecule has 1 N–H and O–H groups in total. The number of nitrogens with one attached hydrogen (secondary N) is 1. The van der Waals surface area contributed by atoms with Crippen molar-refractivity contribution in [3.05, 3.63) is 24.5 Å². The Kier molecular flexibility index (Phi) is 3.09. The van der Waals surface area contributed by atoms with Crippen molar-refractivity contribution in [2.75, 3.05) is 10.5 Å². The molecule has 0 radical (unpaired) electrons. The number of hydrogen-bond acceptors (Lipinski definition) is 3. The first kappa shape index (κ1) is 7.41. The van der Waals surface area contributed by atoms with Crippen LogP contribution in [0.1, 0.15) is 6.92 Å². The van der Waals surface area contributed by atoms with Gasteiger partial charge in [-0.1, -0.05) is 18.9 Å². The van der Waals surface area contributed by atoms with E-state index in [4.69, 9.17) is 0 Å². The first-order valence-electron chi connectivity index (χ1n) is 3.21. The molecule has 0 aliphatic heterocycles. The van der Waals surface area contributed by atoms with E-state index < -0.39 is 0 Å². The van der Waals surface area contributed by atoms with E-state index in [9.17, 15) is 0 Å². The van der Waals surface area contributed by atoms with Crippen LogP contribution in [-0.4, -0.2) is 10.7 Å². The highest BCUT2D eigenvalue weighted by molar-refractivity contribution is 8.00. The summed E-state index contributed by atoms with van der Waals surface area (Å²) in [5.74, 6) is 1.06. The summed E-state index contributed by atoms with van der Waals surface area (Å²) < 4.78 is 3.15. The summed E-state index contributed by atoms with van der Waals surface area (Å²) >= 11 is 1.67. The summed E-state index contributed by atoms with van der Waals surface area (Å²) in [7, 11) is 0. The van der Waals surface area contributed by atoms with Gasteiger partial charge >= 0.3 is 0 Å². The first-order chi connectivity index (χ1) is 4.93. The molecule has 0 saturated heterocycles. The highest BCUT2D eigenvalue weighted by atomic mass is 32.2. The molecule has 10 heavy (non-hydrogen) atoms. The predicted octanol–water partition coefficient (Wildman–Crippen LogP) is 2.16. The van der Waals surface area contributed by atoms with Gasteiger partial charge in [0.25, 0.3) is 0 Å². The summed E-state index contributed by atoms with van der Waals surface area (Å²) in [5.41, 5.74) is 1.06. The highest BCUT2D eigenvalue weighted by Gasteiger charge is 1.85. The SMILES string of the molecule is CCSNc1cccnc1. The molecule has 0 spiro atoms. The summed E-state index contributed by atoms with van der Waals surface area (Å²) in [4.78, 5) is 3.96. The summed E-state index contributed by atoms with van der Waals surface area (Å²) in [6.07, 6.45) is 3.57. The lowest BCUT2D eigenvalue weighted by Gasteiger charge is -2.00. The molecule has 0 atom stereocenters. The molecule has 0 saturated carbocycles. The second-order valence-corrected chi connectivity index (χ2v) is 2.85. The van der Waals surface area contributed by atoms with Crippen LogP contribution in [-0.2, 0) is 0 Å². The van der Waals surface area contributed by atoms with Crippen molar-refractivity contribution in [3.8, 4) is 0 Å². The van der Waals surface area contributed by atoms with Gasteiger partial charge in [0, 0.05) is 11.9 Å². The number of pyridine rings is 1. The Morgan fingerprint density at radius 3 is 3.20 bits per heavy atom. The lowest BCUT2D eigenvalue weighted by molar-refractivity contribution is 1.33. The van der Waals surface area contributed by atoms with E-state index >= 15 is 0 Å². The minimum absolute atomic E-state index is 1.06. The standard InChI is InChI=1S/C7H10N2S/c1-2-10-9-7-4-3-5-8-6-7/h3-6,9H,2H2,1H3. The summed E-state index contributed by atoms with van der Waals surface area (Å²) in [5, 5.41) is 0. The Morgan fingerprint density at radius 1 is 1.70 bits per heavy atom. The van der Waals surface area contributed by atoms with Crippen molar-refractivity contribution in [1.82, 2.24) is 4.98 Å². The molecule has 0 aliphatic rings. The molecule has 0 fully saturated rings. The Labute approximate surface area is 65.2 Å². The third kappa shape index (κ3) is 2.27. The van der Waals surface area contributed by atoms with Gasteiger partial charge in [0.2, 0.25) is 0 Å². The van der Waals surface area contributed by atoms with Crippen LogP contribution < -0.4 is 4.72 Å². The fourth-order valence-corrected chi connectivity index (χ4v) is 1.01. The Balaban J connectivity index is 2.43. The lowest BCUT2D eigenvalue weighted by atomic mass is 10.4. The van der Waals surface area contributed by atoms with Crippen LogP contribution in [0.3, 0.4) is 0 Å². The third-order valence-electron chi connectivity index (χ3n) is 0.996. The minimum Gasteiger partial charge on any atom is -0.328 e. The maximum atomic E-state index is 3.96. The average molecular weight is 154 g/mol. The molecule has 0 aromatic carbocycles. The van der Waals surface area contributed by atoms with Crippen molar-refractivity contribution in [3.63, 3.8) is 0 Å². The fourth-order valence-electron chi connectivity index (χ4n) is 0.579. The zero-order valence-electron chi connectivity index (χ0n) is 5.87. The van der Waals surface area contributed by atoms with E-state index in [1.807, 2.05) is 18.3 Å². The van der Waals surface area contributed by atoms with E-state index in [1.165, 1.54) is 0 Å². The van der Waals surface area contributed by atoms with Crippen molar-refractivity contribution in [2.24, 2.45) is 0 Å². The largest absolute Gasteiger partial charge is 0.328 e. The second-order valence-electron chi connectivity index (χ2n) is 1.78. The first-order valence-corrected chi connectivity index (χ1v) is 4.20. The topological polar surface area (TPSA) is 24.9 Å². The van der Waals surface area contributed by atoms with Crippen molar-refractivity contribution >= 4 is 17.6 Å². The maximum absolute atomic E-state index is 3.96. The van der Waals surface area contributed by atoms with Crippen LogP contribution in [0.15, 0.2) is 24.5 Å². The maximum Gasteiger partial charge on any atom is 0.0625 e. The molecule has 2 nitrogen and oxygen atoms in total. The minimum atomic E-state index is 1.06. The molecule has 0 bridgehead atoms. The van der Waals surface area contributed by atoms with Gasteiger partial charge in [-0.25, -0.2) is 0 Å². The van der Waals surface area contributed by atoms with E-state index in [1.54, 1.807) is 18.1 Å². The van der Waals surface area contributed by atoms with Crippen molar-refractivity contribution in [2.45, 2.75) is 6.92 Å². The van der Waals surface area contributed by atoms with Crippen molar-refractivity contribution in [1.29, 1.82) is 0 Å². The third-order valence-corrected chi connectivity index (χ3v) is 1.66. The van der Waals surface area contributed by atoms with E-state index in [0.29, 0.717) is 0 Å². The zero-order chi connectivity index (χ0) is 7.23. The molecule has 1 aromatic heterocycles. The Bertz CT molecular complexity index is 176. The van der Waals surface area contributed by atoms with Gasteiger partial charge in [-0.2, -0.15) is 0 Å². The predicted molar refractivity (Wildman–Crippen MR) is 46.0 cm³/mol. The smallest absolute Gasteiger partial charge is 0.0625 e. The van der Waals surface area contributed by atoms with Gasteiger partial charge < -0.3 is 4.72 Å². The van der Waals surface area contributed by atoms with Gasteiger partial charge in [-0.05, 0) is 12.1 Å². The molecule has 0 unspecified atom stereocenters. The molecule has 0 amide bonds. The van der Waals surface area contributed by atoms with E-state index in [0.717, 1.165) is 11.4 Å². The number of nitrogens with zero attached hydrogens (tertiary/aromatic N) is 1. The van der Waals surface area contributed by atoms with Gasteiger partial charge in [-0.15, -0.1) is 0 Å². The van der Waals surface area contributed by atoms with Crippen LogP contribution in [0.2, 0.25) is 0 Å². The molecule has 1 heterocycles. The molecule has 54 valence electrons. The number of rotatable bonds is 3. The van der Waals surface area contributed by atoms with Crippen LogP contribution in [0.4, 0.5) is 5.69 Å². The van der Waals surface area contributed by atoms with E-state index in [2.05, 4.69) is 16.6 Å². The summed E-state index contributed by atoms with van der Waals surface area (Å²) in [6.45, 7) is 2.11. The Hall–Kier alpha value is -0.700. The molecule has 1 rings (SSSR count). The van der Waals surface area contributed by atoms with Gasteiger partial charge in [0.1, 0.15) is 0 Å². The van der Waals surface area contributed by atoms with Gasteiger partial charge in [0.15, 0.2) is 0 Å². The number of aromatic nitrogens is 1. The fraction of sp³-hybridized carbons (Fsp3) is 0.286. The zero-order valence-corrected chi connectivity index (χ0v) is 6.69. The van der Waals surface area contributed by atoms with Crippen LogP contribution in [0, 0.1) is 0 Å². The lowest BCUT2D eigenvalue weighted by Crippen LogP contribution is -1.86. The molecule has 0 aliphatic carbocycles. The van der Waals surface area contributed by atoms with Gasteiger partial charge in [0.05, 0.1) is 11.9 Å². The van der Waals surface area contributed by atoms with Crippen LogP contribution in [0.25, 0.3) is 0 Å². The molecule has 3 heteroatoms. The van der Waals surface area contributed by atoms with Gasteiger partial charge in [-0.3, -0.25) is 4.98 Å². The number of hydrogen-bond donors (Lipinski definition) is 1. The average Bonchev–Trinajstić information content (AvgIpc) is 2.03. The monoisotopic (exact) mass is 154 g/mol. The Morgan fingerprint density at radius 2 is 2.60 bits per heavy atom. The normalized spacial score (nSPS) is 9.30. The molecule has 1 aromatic rings. The highest BCUT2D eigenvalue weighted by Crippen LogP contribution is 2.08. The van der Waals surface area contributed by atoms with E-state index in [-0.39, 0.29) is 0 Å².